The zero-order chi connectivity index (χ0) is 14.5. The number of carbonyl (C=O) groups excluding carboxylic acids is 1. The van der Waals surface area contributed by atoms with Crippen molar-refractivity contribution in [2.24, 2.45) is 0 Å². The summed E-state index contributed by atoms with van der Waals surface area (Å²) in [4.78, 5) is 19.3. The number of nitrogens with one attached hydrogen (secondary N) is 2. The summed E-state index contributed by atoms with van der Waals surface area (Å²) in [5, 5.41) is 14.7. The van der Waals surface area contributed by atoms with E-state index in [1.54, 1.807) is 23.6 Å². The number of amides is 1. The Hall–Kier alpha value is -1.70. The number of rotatable bonds is 6. The van der Waals surface area contributed by atoms with E-state index in [4.69, 9.17) is 9.84 Å². The maximum absolute atomic E-state index is 12.0. The van der Waals surface area contributed by atoms with Gasteiger partial charge >= 0.3 is 0 Å². The van der Waals surface area contributed by atoms with Gasteiger partial charge in [0.1, 0.15) is 5.69 Å². The normalized spacial score (nSPS) is 12.3. The third kappa shape index (κ3) is 3.44. The van der Waals surface area contributed by atoms with Crippen LogP contribution in [0.5, 0.6) is 0 Å². The van der Waals surface area contributed by atoms with Gasteiger partial charge in [-0.05, 0) is 13.0 Å². The number of aromatic amines is 1. The molecule has 0 radical (unpaired) electrons. The van der Waals surface area contributed by atoms with E-state index in [1.165, 1.54) is 7.11 Å². The second kappa shape index (κ2) is 6.65. The monoisotopic (exact) mass is 295 g/mol. The molecule has 0 aliphatic rings. The number of nitrogens with zero attached hydrogens (tertiary/aromatic N) is 1. The molecule has 2 aromatic rings. The highest BCUT2D eigenvalue weighted by molar-refractivity contribution is 7.09. The van der Waals surface area contributed by atoms with E-state index < -0.39 is 6.04 Å². The lowest BCUT2D eigenvalue weighted by atomic mass is 10.2. The van der Waals surface area contributed by atoms with Gasteiger partial charge in [-0.2, -0.15) is 0 Å². The number of H-pyrrole nitrogens is 1. The number of hydrogen-bond donors (Lipinski definition) is 3. The summed E-state index contributed by atoms with van der Waals surface area (Å²) in [6, 6.07) is 1.33. The first-order valence-corrected chi connectivity index (χ1v) is 7.03. The number of aryl methyl sites for hydroxylation is 1. The second-order valence-electron chi connectivity index (χ2n) is 4.36. The third-order valence-electron chi connectivity index (χ3n) is 2.77. The van der Waals surface area contributed by atoms with Crippen LogP contribution in [0, 0.1) is 6.92 Å². The van der Waals surface area contributed by atoms with Crippen molar-refractivity contribution >= 4 is 17.2 Å². The molecule has 6 nitrogen and oxygen atoms in total. The lowest BCUT2D eigenvalue weighted by Crippen LogP contribution is -2.40. The van der Waals surface area contributed by atoms with Crippen molar-refractivity contribution in [3.8, 4) is 11.3 Å². The zero-order valence-corrected chi connectivity index (χ0v) is 12.2. The Kier molecular flexibility index (Phi) is 4.89. The van der Waals surface area contributed by atoms with Gasteiger partial charge in [-0.15, -0.1) is 11.3 Å². The molecule has 7 heteroatoms. The fourth-order valence-electron chi connectivity index (χ4n) is 1.77. The van der Waals surface area contributed by atoms with E-state index in [-0.39, 0.29) is 19.1 Å². The maximum Gasteiger partial charge on any atom is 0.268 e. The van der Waals surface area contributed by atoms with Gasteiger partial charge in [-0.3, -0.25) is 4.79 Å². The summed E-state index contributed by atoms with van der Waals surface area (Å²) >= 11 is 1.56. The molecule has 0 aromatic carbocycles. The molecule has 20 heavy (non-hydrogen) atoms. The highest BCUT2D eigenvalue weighted by Crippen LogP contribution is 2.22. The van der Waals surface area contributed by atoms with Crippen LogP contribution in [0.15, 0.2) is 17.6 Å². The van der Waals surface area contributed by atoms with Crippen LogP contribution in [0.3, 0.4) is 0 Å². The van der Waals surface area contributed by atoms with Crippen molar-refractivity contribution in [3.63, 3.8) is 0 Å². The van der Waals surface area contributed by atoms with Crippen LogP contribution in [0.4, 0.5) is 0 Å². The zero-order valence-electron chi connectivity index (χ0n) is 11.3. The summed E-state index contributed by atoms with van der Waals surface area (Å²) in [5.74, 6) is -0.278. The number of aliphatic hydroxyl groups excluding tert-OH is 1. The van der Waals surface area contributed by atoms with Crippen LogP contribution in [-0.2, 0) is 4.74 Å². The maximum atomic E-state index is 12.0. The summed E-state index contributed by atoms with van der Waals surface area (Å²) in [6.07, 6.45) is 1.74. The molecule has 108 valence electrons. The fraction of sp³-hybridized carbons (Fsp3) is 0.385. The van der Waals surface area contributed by atoms with Gasteiger partial charge in [0.05, 0.1) is 30.0 Å². The Bertz CT molecular complexity index is 579. The molecule has 3 N–H and O–H groups in total. The molecule has 0 saturated heterocycles. The van der Waals surface area contributed by atoms with Gasteiger partial charge in [-0.1, -0.05) is 0 Å². The molecule has 2 heterocycles. The van der Waals surface area contributed by atoms with Crippen molar-refractivity contribution in [1.29, 1.82) is 0 Å². The number of ether oxygens (including phenoxy) is 1. The Morgan fingerprint density at radius 1 is 1.65 bits per heavy atom. The van der Waals surface area contributed by atoms with Gasteiger partial charge in [0.15, 0.2) is 0 Å². The predicted molar refractivity (Wildman–Crippen MR) is 76.9 cm³/mol. The number of aromatic nitrogens is 2. The number of hydrogen-bond acceptors (Lipinski definition) is 5. The molecule has 1 unspecified atom stereocenters. The van der Waals surface area contributed by atoms with Crippen molar-refractivity contribution in [2.75, 3.05) is 20.3 Å². The van der Waals surface area contributed by atoms with Crippen LogP contribution < -0.4 is 5.32 Å². The topological polar surface area (TPSA) is 87.2 Å². The minimum atomic E-state index is -0.416. The van der Waals surface area contributed by atoms with Crippen molar-refractivity contribution in [3.05, 3.63) is 28.3 Å². The van der Waals surface area contributed by atoms with Crippen LogP contribution >= 0.6 is 11.3 Å². The first-order valence-electron chi connectivity index (χ1n) is 6.15. The van der Waals surface area contributed by atoms with E-state index in [2.05, 4.69) is 15.3 Å². The van der Waals surface area contributed by atoms with Gasteiger partial charge < -0.3 is 20.1 Å². The Morgan fingerprint density at radius 2 is 2.45 bits per heavy atom. The molecule has 0 aliphatic heterocycles. The Balaban J connectivity index is 2.06. The standard InChI is InChI=1S/C13H17N3O3S/c1-8-15-12(7-20-8)9-3-11(14-4-9)13(18)16-10(5-17)6-19-2/h3-4,7,10,14,17H,5-6H2,1-2H3,(H,16,18). The summed E-state index contributed by atoms with van der Waals surface area (Å²) in [7, 11) is 1.52. The van der Waals surface area contributed by atoms with Crippen molar-refractivity contribution in [2.45, 2.75) is 13.0 Å². The molecule has 0 saturated carbocycles. The quantitative estimate of drug-likeness (QED) is 0.747. The number of methoxy groups -OCH3 is 1. The highest BCUT2D eigenvalue weighted by atomic mass is 32.1. The largest absolute Gasteiger partial charge is 0.394 e. The van der Waals surface area contributed by atoms with Gasteiger partial charge in [0.2, 0.25) is 0 Å². The first kappa shape index (κ1) is 14.7. The second-order valence-corrected chi connectivity index (χ2v) is 5.42. The Labute approximate surface area is 120 Å². The number of aliphatic hydroxyl groups is 1. The van der Waals surface area contributed by atoms with Crippen LogP contribution in [0.25, 0.3) is 11.3 Å². The minimum Gasteiger partial charge on any atom is -0.394 e. The van der Waals surface area contributed by atoms with E-state index in [9.17, 15) is 4.79 Å². The molecular weight excluding hydrogens is 278 g/mol. The minimum absolute atomic E-state index is 0.168. The summed E-state index contributed by atoms with van der Waals surface area (Å²) in [5.41, 5.74) is 2.14. The third-order valence-corrected chi connectivity index (χ3v) is 3.54. The van der Waals surface area contributed by atoms with Crippen LogP contribution in [0.2, 0.25) is 0 Å². The smallest absolute Gasteiger partial charge is 0.268 e. The number of thiazole rings is 1. The first-order chi connectivity index (χ1) is 9.63. The highest BCUT2D eigenvalue weighted by Gasteiger charge is 2.15. The predicted octanol–water partition coefficient (Wildman–Crippen LogP) is 1.18. The van der Waals surface area contributed by atoms with Crippen molar-refractivity contribution < 1.29 is 14.6 Å². The molecule has 1 atom stereocenters. The number of carbonyl (C=O) groups is 1. The van der Waals surface area contributed by atoms with Crippen LogP contribution in [0.1, 0.15) is 15.5 Å². The molecule has 2 rings (SSSR count). The Morgan fingerprint density at radius 3 is 3.05 bits per heavy atom. The van der Waals surface area contributed by atoms with Gasteiger partial charge in [0.25, 0.3) is 5.91 Å². The molecule has 1 amide bonds. The molecule has 0 fully saturated rings. The molecule has 2 aromatic heterocycles. The lowest BCUT2D eigenvalue weighted by Gasteiger charge is -2.14. The molecule has 0 spiro atoms. The van der Waals surface area contributed by atoms with E-state index in [0.717, 1.165) is 16.3 Å². The van der Waals surface area contributed by atoms with E-state index >= 15 is 0 Å². The van der Waals surface area contributed by atoms with Gasteiger partial charge in [0, 0.05) is 24.3 Å². The average Bonchev–Trinajstić information content (AvgIpc) is 3.06. The molecule has 0 aliphatic carbocycles. The SMILES string of the molecule is COCC(CO)NC(=O)c1cc(-c2csc(C)n2)c[nH]1. The summed E-state index contributed by atoms with van der Waals surface area (Å²) < 4.78 is 4.92. The fourth-order valence-corrected chi connectivity index (χ4v) is 2.40. The molecular formula is C13H17N3O3S. The van der Waals surface area contributed by atoms with E-state index in [0.29, 0.717) is 5.69 Å². The van der Waals surface area contributed by atoms with Crippen LogP contribution in [-0.4, -0.2) is 47.3 Å². The van der Waals surface area contributed by atoms with Crippen molar-refractivity contribution in [1.82, 2.24) is 15.3 Å². The average molecular weight is 295 g/mol. The summed E-state index contributed by atoms with van der Waals surface area (Å²) in [6.45, 7) is 2.03. The lowest BCUT2D eigenvalue weighted by molar-refractivity contribution is 0.0835. The molecule has 0 bridgehead atoms. The van der Waals surface area contributed by atoms with E-state index in [1.807, 2.05) is 12.3 Å². The van der Waals surface area contributed by atoms with Gasteiger partial charge in [-0.25, -0.2) is 4.98 Å².